The van der Waals surface area contributed by atoms with Gasteiger partial charge in [-0.3, -0.25) is 9.48 Å². The van der Waals surface area contributed by atoms with Crippen LogP contribution in [0.5, 0.6) is 5.75 Å². The van der Waals surface area contributed by atoms with Crippen LogP contribution in [-0.4, -0.2) is 36.4 Å². The Morgan fingerprint density at radius 1 is 1.05 bits per heavy atom. The van der Waals surface area contributed by atoms with Crippen LogP contribution in [0.3, 0.4) is 0 Å². The molecule has 4 aliphatic carbocycles. The lowest BCUT2D eigenvalue weighted by molar-refractivity contribution is -0.154. The first kappa shape index (κ1) is 27.7. The van der Waals surface area contributed by atoms with Gasteiger partial charge in [0.1, 0.15) is 5.75 Å². The number of hydrogen-bond donors (Lipinski definition) is 0. The monoisotopic (exact) mass is 522 g/mol. The molecule has 0 spiro atoms. The lowest BCUT2D eigenvalue weighted by Gasteiger charge is -2.61. The second-order valence-corrected chi connectivity index (χ2v) is 13.1. The van der Waals surface area contributed by atoms with Crippen molar-refractivity contribution < 1.29 is 14.3 Å². The van der Waals surface area contributed by atoms with Crippen molar-refractivity contribution in [2.45, 2.75) is 92.0 Å². The number of nitrogens with zero attached hydrogens (tertiary/aromatic N) is 2. The molecule has 4 fully saturated rings. The summed E-state index contributed by atoms with van der Waals surface area (Å²) >= 11 is 0. The average molecular weight is 523 g/mol. The van der Waals surface area contributed by atoms with Gasteiger partial charge in [-0.1, -0.05) is 40.2 Å². The molecule has 1 heterocycles. The van der Waals surface area contributed by atoms with Crippen molar-refractivity contribution in [3.8, 4) is 5.75 Å². The Labute approximate surface area is 230 Å². The van der Waals surface area contributed by atoms with Crippen molar-refractivity contribution in [3.63, 3.8) is 0 Å². The maximum absolute atomic E-state index is 13.8. The molecule has 0 bridgehead atoms. The summed E-state index contributed by atoms with van der Waals surface area (Å²) < 4.78 is 13.3. The van der Waals surface area contributed by atoms with Gasteiger partial charge in [0.25, 0.3) is 0 Å². The number of Topliss-reactive ketones (excluding diaryl/α,β-unsaturated/α-hetero) is 1. The fourth-order valence-corrected chi connectivity index (χ4v) is 9.94. The van der Waals surface area contributed by atoms with E-state index in [0.29, 0.717) is 23.7 Å². The molecule has 5 nitrogen and oxygen atoms in total. The fraction of sp³-hybridized carbons (Fsp3) is 0.758. The number of fused-ring (bicyclic) bond motifs is 6. The molecule has 38 heavy (non-hydrogen) atoms. The van der Waals surface area contributed by atoms with Gasteiger partial charge in [-0.2, -0.15) is 5.10 Å². The van der Waals surface area contributed by atoms with E-state index in [4.69, 9.17) is 14.6 Å². The van der Waals surface area contributed by atoms with Crippen LogP contribution < -0.4 is 4.74 Å². The highest BCUT2D eigenvalue weighted by molar-refractivity contribution is 5.86. The molecule has 4 aliphatic rings. The number of carbonyl (C=O) groups is 1. The van der Waals surface area contributed by atoms with Crippen LogP contribution in [0.2, 0.25) is 0 Å². The van der Waals surface area contributed by atoms with E-state index < -0.39 is 0 Å². The summed E-state index contributed by atoms with van der Waals surface area (Å²) in [5.41, 5.74) is 1.40. The van der Waals surface area contributed by atoms with Crippen LogP contribution in [0.15, 0.2) is 24.4 Å². The number of ketones is 1. The molecule has 0 amide bonds. The lowest BCUT2D eigenvalue weighted by atomic mass is 9.44. The Hall–Kier alpha value is -1.88. The van der Waals surface area contributed by atoms with Crippen molar-refractivity contribution in [3.05, 3.63) is 24.4 Å². The third-order valence-corrected chi connectivity index (χ3v) is 11.5. The summed E-state index contributed by atoms with van der Waals surface area (Å²) in [6, 6.07) is 5.90. The van der Waals surface area contributed by atoms with Crippen LogP contribution >= 0.6 is 0 Å². The van der Waals surface area contributed by atoms with Gasteiger partial charge in [0.05, 0.1) is 31.2 Å². The number of carbonyl (C=O) groups excluding carboxylic acids is 1. The standard InChI is InChI=1S/C31H44N2O3.C2H6/c1-20-12-15-31(19-35-3)21(16-20)8-9-22-24-10-11-26(30(24,2)14-13-25(22)31)28(34)18-33-17-23-27(32-33)6-5-7-29(23)36-4;1-2/h5-7,17,20-22,24-26H,8-16,18-19H2,1-4H3;1-2H3/t20?,21?,22?,24?,25?,26-,30?,31?;/m1./s1. The van der Waals surface area contributed by atoms with Gasteiger partial charge in [0.15, 0.2) is 5.78 Å². The van der Waals surface area contributed by atoms with E-state index in [2.05, 4.69) is 13.8 Å². The molecule has 210 valence electrons. The molecular weight excluding hydrogens is 472 g/mol. The minimum atomic E-state index is 0.131. The van der Waals surface area contributed by atoms with Gasteiger partial charge in [-0.25, -0.2) is 0 Å². The van der Waals surface area contributed by atoms with Gasteiger partial charge < -0.3 is 9.47 Å². The summed E-state index contributed by atoms with van der Waals surface area (Å²) in [5.74, 6) is 5.25. The zero-order chi connectivity index (χ0) is 27.1. The summed E-state index contributed by atoms with van der Waals surface area (Å²) in [4.78, 5) is 13.8. The minimum Gasteiger partial charge on any atom is -0.496 e. The average Bonchev–Trinajstić information content (AvgIpc) is 3.50. The smallest absolute Gasteiger partial charge is 0.157 e. The highest BCUT2D eigenvalue weighted by atomic mass is 16.5. The van der Waals surface area contributed by atoms with E-state index in [1.54, 1.807) is 7.11 Å². The van der Waals surface area contributed by atoms with Crippen LogP contribution in [-0.2, 0) is 16.1 Å². The molecule has 7 unspecified atom stereocenters. The van der Waals surface area contributed by atoms with Gasteiger partial charge in [-0.05, 0) is 104 Å². The maximum Gasteiger partial charge on any atom is 0.157 e. The van der Waals surface area contributed by atoms with E-state index in [9.17, 15) is 4.79 Å². The number of benzene rings is 1. The number of ether oxygens (including phenoxy) is 2. The molecule has 0 aliphatic heterocycles. The quantitative estimate of drug-likeness (QED) is 0.393. The number of rotatable bonds is 6. The SMILES string of the molecule is CC.COCC12CCC(C)CC1CCC1C2CCC2(C)C1CC[C@@H]2C(=O)Cn1cc2c(OC)cccc2n1. The predicted octanol–water partition coefficient (Wildman–Crippen LogP) is 7.56. The van der Waals surface area contributed by atoms with E-state index in [-0.39, 0.29) is 11.3 Å². The van der Waals surface area contributed by atoms with Crippen molar-refractivity contribution in [2.24, 2.45) is 46.3 Å². The number of aromatic nitrogens is 2. The first-order valence-corrected chi connectivity index (χ1v) is 15.4. The van der Waals surface area contributed by atoms with Gasteiger partial charge in [-0.15, -0.1) is 0 Å². The van der Waals surface area contributed by atoms with Crippen LogP contribution in [0.4, 0.5) is 0 Å². The topological polar surface area (TPSA) is 53.4 Å². The zero-order valence-corrected chi connectivity index (χ0v) is 24.7. The maximum atomic E-state index is 13.8. The molecule has 6 rings (SSSR count). The predicted molar refractivity (Wildman–Crippen MR) is 153 cm³/mol. The Kier molecular flexibility index (Phi) is 7.97. The second kappa shape index (κ2) is 10.9. The summed E-state index contributed by atoms with van der Waals surface area (Å²) in [5, 5.41) is 5.69. The molecule has 1 aromatic carbocycles. The fourth-order valence-electron chi connectivity index (χ4n) is 9.94. The van der Waals surface area contributed by atoms with E-state index in [1.807, 2.05) is 50.0 Å². The summed E-state index contributed by atoms with van der Waals surface area (Å²) in [6.45, 7) is 10.2. The largest absolute Gasteiger partial charge is 0.496 e. The number of methoxy groups -OCH3 is 2. The molecule has 0 N–H and O–H groups in total. The molecule has 8 atom stereocenters. The van der Waals surface area contributed by atoms with E-state index in [0.717, 1.165) is 53.4 Å². The Morgan fingerprint density at radius 3 is 2.63 bits per heavy atom. The molecule has 5 heteroatoms. The zero-order valence-electron chi connectivity index (χ0n) is 24.7. The Morgan fingerprint density at radius 2 is 1.87 bits per heavy atom. The van der Waals surface area contributed by atoms with E-state index >= 15 is 0 Å². The molecule has 0 saturated heterocycles. The summed E-state index contributed by atoms with van der Waals surface area (Å²) in [7, 11) is 3.60. The van der Waals surface area contributed by atoms with Crippen LogP contribution in [0.1, 0.15) is 85.5 Å². The first-order valence-electron chi connectivity index (χ1n) is 15.4. The van der Waals surface area contributed by atoms with Gasteiger partial charge in [0, 0.05) is 19.2 Å². The Bertz CT molecular complexity index is 1130. The van der Waals surface area contributed by atoms with E-state index in [1.165, 1.54) is 51.4 Å². The highest BCUT2D eigenvalue weighted by Crippen LogP contribution is 2.68. The molecule has 2 aromatic rings. The second-order valence-electron chi connectivity index (χ2n) is 13.1. The highest BCUT2D eigenvalue weighted by Gasteiger charge is 2.62. The van der Waals surface area contributed by atoms with Crippen LogP contribution in [0, 0.1) is 46.3 Å². The van der Waals surface area contributed by atoms with Crippen molar-refractivity contribution in [1.29, 1.82) is 0 Å². The Balaban J connectivity index is 0.00000144. The van der Waals surface area contributed by atoms with Crippen molar-refractivity contribution in [2.75, 3.05) is 20.8 Å². The van der Waals surface area contributed by atoms with Crippen LogP contribution in [0.25, 0.3) is 10.9 Å². The minimum absolute atomic E-state index is 0.131. The van der Waals surface area contributed by atoms with Gasteiger partial charge >= 0.3 is 0 Å². The number of hydrogen-bond acceptors (Lipinski definition) is 4. The molecule has 4 saturated carbocycles. The van der Waals surface area contributed by atoms with Crippen molar-refractivity contribution in [1.82, 2.24) is 9.78 Å². The van der Waals surface area contributed by atoms with Gasteiger partial charge in [0.2, 0.25) is 0 Å². The molecular formula is C33H50N2O3. The first-order chi connectivity index (χ1) is 18.4. The van der Waals surface area contributed by atoms with Crippen molar-refractivity contribution >= 4 is 16.7 Å². The third kappa shape index (κ3) is 4.41. The lowest BCUT2D eigenvalue weighted by Crippen LogP contribution is -2.56. The normalized spacial score (nSPS) is 37.9. The molecule has 0 radical (unpaired) electrons. The molecule has 1 aromatic heterocycles. The summed E-state index contributed by atoms with van der Waals surface area (Å²) in [6.07, 6.45) is 13.5. The third-order valence-electron chi connectivity index (χ3n) is 11.5.